The third-order valence-electron chi connectivity index (χ3n) is 3.99. The van der Waals surface area contributed by atoms with E-state index < -0.39 is 0 Å². The summed E-state index contributed by atoms with van der Waals surface area (Å²) in [6.45, 7) is 2.09. The molecule has 0 radical (unpaired) electrons. The summed E-state index contributed by atoms with van der Waals surface area (Å²) >= 11 is 6.00. The van der Waals surface area contributed by atoms with E-state index in [-0.39, 0.29) is 24.0 Å². The van der Waals surface area contributed by atoms with E-state index in [1.54, 1.807) is 7.05 Å². The number of nitrogens with one attached hydrogen (secondary N) is 2. The average Bonchev–Trinajstić information content (AvgIpc) is 3.45. The van der Waals surface area contributed by atoms with Crippen LogP contribution in [0.2, 0.25) is 5.02 Å². The molecule has 1 saturated carbocycles. The van der Waals surface area contributed by atoms with Crippen LogP contribution in [-0.2, 0) is 13.1 Å². The molecule has 1 fully saturated rings. The number of ether oxygens (including phenoxy) is 1. The van der Waals surface area contributed by atoms with E-state index in [0.717, 1.165) is 34.6 Å². The molecule has 2 aromatic rings. The van der Waals surface area contributed by atoms with Crippen LogP contribution in [0, 0.1) is 5.92 Å². The summed E-state index contributed by atoms with van der Waals surface area (Å²) in [6, 6.07) is 11.7. The Morgan fingerprint density at radius 2 is 1.96 bits per heavy atom. The van der Waals surface area contributed by atoms with Crippen LogP contribution in [0.3, 0.4) is 0 Å². The van der Waals surface area contributed by atoms with E-state index in [2.05, 4.69) is 20.6 Å². The van der Waals surface area contributed by atoms with Crippen molar-refractivity contribution >= 4 is 41.5 Å². The maximum absolute atomic E-state index is 6.00. The molecule has 3 rings (SSSR count). The Hall–Kier alpha value is -1.54. The highest BCUT2D eigenvalue weighted by atomic mass is 127. The Morgan fingerprint density at radius 1 is 1.19 bits per heavy atom. The number of hydrogen-bond acceptors (Lipinski definition) is 3. The van der Waals surface area contributed by atoms with Crippen molar-refractivity contribution < 1.29 is 4.74 Å². The van der Waals surface area contributed by atoms with Gasteiger partial charge in [-0.1, -0.05) is 29.8 Å². The number of rotatable bonds is 7. The molecule has 5 nitrogen and oxygen atoms in total. The Labute approximate surface area is 176 Å². The summed E-state index contributed by atoms with van der Waals surface area (Å²) in [7, 11) is 1.75. The first kappa shape index (κ1) is 20.8. The number of hydrogen-bond donors (Lipinski definition) is 2. The van der Waals surface area contributed by atoms with Crippen molar-refractivity contribution in [2.45, 2.75) is 25.9 Å². The second kappa shape index (κ2) is 10.6. The lowest BCUT2D eigenvalue weighted by atomic mass is 10.2. The topological polar surface area (TPSA) is 58.5 Å². The Kier molecular flexibility index (Phi) is 8.44. The summed E-state index contributed by atoms with van der Waals surface area (Å²) in [4.78, 5) is 8.58. The van der Waals surface area contributed by atoms with E-state index in [4.69, 9.17) is 16.3 Å². The Balaban J connectivity index is 0.00000243. The molecule has 0 unspecified atom stereocenters. The van der Waals surface area contributed by atoms with E-state index >= 15 is 0 Å². The van der Waals surface area contributed by atoms with Crippen LogP contribution in [0.15, 0.2) is 47.6 Å². The quantitative estimate of drug-likeness (QED) is 0.353. The fraction of sp³-hybridized carbons (Fsp3) is 0.368. The lowest BCUT2D eigenvalue weighted by Crippen LogP contribution is -2.36. The Bertz CT molecular complexity index is 720. The first-order valence-electron chi connectivity index (χ1n) is 8.49. The maximum Gasteiger partial charge on any atom is 0.213 e. The minimum absolute atomic E-state index is 0. The van der Waals surface area contributed by atoms with Crippen molar-refractivity contribution in [2.75, 3.05) is 13.7 Å². The number of aliphatic imine (C=N–C) groups is 1. The molecule has 1 aliphatic carbocycles. The summed E-state index contributed by atoms with van der Waals surface area (Å²) in [6.07, 6.45) is 4.39. The molecule has 2 N–H and O–H groups in total. The number of guanidine groups is 1. The predicted octanol–water partition coefficient (Wildman–Crippen LogP) is 4.01. The van der Waals surface area contributed by atoms with Gasteiger partial charge in [-0.15, -0.1) is 24.0 Å². The van der Waals surface area contributed by atoms with Crippen LogP contribution < -0.4 is 15.4 Å². The zero-order chi connectivity index (χ0) is 17.5. The summed E-state index contributed by atoms with van der Waals surface area (Å²) in [5, 5.41) is 7.28. The van der Waals surface area contributed by atoms with Crippen LogP contribution in [0.5, 0.6) is 5.88 Å². The minimum Gasteiger partial charge on any atom is -0.477 e. The number of aromatic nitrogens is 1. The first-order valence-corrected chi connectivity index (χ1v) is 8.87. The van der Waals surface area contributed by atoms with Gasteiger partial charge in [0.15, 0.2) is 5.96 Å². The van der Waals surface area contributed by atoms with Crippen molar-refractivity contribution in [3.8, 4) is 5.88 Å². The molecular formula is C19H24ClIN4O. The van der Waals surface area contributed by atoms with E-state index in [0.29, 0.717) is 19.0 Å². The van der Waals surface area contributed by atoms with Gasteiger partial charge in [0.05, 0.1) is 6.61 Å². The second-order valence-electron chi connectivity index (χ2n) is 6.17. The monoisotopic (exact) mass is 486 g/mol. The minimum atomic E-state index is 0. The molecule has 7 heteroatoms. The zero-order valence-electron chi connectivity index (χ0n) is 14.7. The molecule has 0 aliphatic heterocycles. The molecule has 140 valence electrons. The van der Waals surface area contributed by atoms with Gasteiger partial charge in [-0.05, 0) is 42.0 Å². The SMILES string of the molecule is CN=C(NCc1ccc(OCC2CC2)nc1)NCc1cccc(Cl)c1.I. The molecule has 26 heavy (non-hydrogen) atoms. The Morgan fingerprint density at radius 3 is 2.58 bits per heavy atom. The average molecular weight is 487 g/mol. The van der Waals surface area contributed by atoms with Gasteiger partial charge < -0.3 is 15.4 Å². The van der Waals surface area contributed by atoms with Crippen LogP contribution in [0.1, 0.15) is 24.0 Å². The fourth-order valence-electron chi connectivity index (χ4n) is 2.33. The largest absolute Gasteiger partial charge is 0.477 e. The zero-order valence-corrected chi connectivity index (χ0v) is 17.8. The number of benzene rings is 1. The summed E-state index contributed by atoms with van der Waals surface area (Å²) < 4.78 is 5.65. The molecule has 0 atom stereocenters. The van der Waals surface area contributed by atoms with Crippen molar-refractivity contribution in [1.82, 2.24) is 15.6 Å². The molecular weight excluding hydrogens is 463 g/mol. The molecule has 0 spiro atoms. The predicted molar refractivity (Wildman–Crippen MR) is 116 cm³/mol. The molecule has 0 amide bonds. The van der Waals surface area contributed by atoms with Crippen LogP contribution in [0.4, 0.5) is 0 Å². The van der Waals surface area contributed by atoms with Gasteiger partial charge in [-0.2, -0.15) is 0 Å². The normalized spacial score (nSPS) is 13.7. The highest BCUT2D eigenvalue weighted by Gasteiger charge is 2.21. The van der Waals surface area contributed by atoms with Gasteiger partial charge in [0, 0.05) is 37.4 Å². The van der Waals surface area contributed by atoms with Crippen molar-refractivity contribution in [3.63, 3.8) is 0 Å². The second-order valence-corrected chi connectivity index (χ2v) is 6.60. The van der Waals surface area contributed by atoms with Crippen molar-refractivity contribution in [2.24, 2.45) is 10.9 Å². The van der Waals surface area contributed by atoms with Gasteiger partial charge in [0.25, 0.3) is 0 Å². The smallest absolute Gasteiger partial charge is 0.213 e. The summed E-state index contributed by atoms with van der Waals surface area (Å²) in [5.41, 5.74) is 2.18. The molecule has 1 aliphatic rings. The number of halogens is 2. The van der Waals surface area contributed by atoms with Gasteiger partial charge in [-0.3, -0.25) is 4.99 Å². The highest BCUT2D eigenvalue weighted by molar-refractivity contribution is 14.0. The maximum atomic E-state index is 6.00. The van der Waals surface area contributed by atoms with Crippen molar-refractivity contribution in [1.29, 1.82) is 0 Å². The standard InChI is InChI=1S/C19H23ClN4O.HI/c1-21-19(23-10-15-3-2-4-17(20)9-15)24-12-16-7-8-18(22-11-16)25-13-14-5-6-14;/h2-4,7-9,11,14H,5-6,10,12-13H2,1H3,(H2,21,23,24);1H. The molecule has 1 heterocycles. The molecule has 0 bridgehead atoms. The van der Waals surface area contributed by atoms with E-state index in [9.17, 15) is 0 Å². The van der Waals surface area contributed by atoms with Gasteiger partial charge in [0.1, 0.15) is 0 Å². The lowest BCUT2D eigenvalue weighted by Gasteiger charge is -2.12. The van der Waals surface area contributed by atoms with Gasteiger partial charge in [0.2, 0.25) is 5.88 Å². The van der Waals surface area contributed by atoms with E-state index in [1.807, 2.05) is 42.6 Å². The third-order valence-corrected chi connectivity index (χ3v) is 4.23. The third kappa shape index (κ3) is 6.99. The molecule has 0 saturated heterocycles. The van der Waals surface area contributed by atoms with Crippen LogP contribution >= 0.6 is 35.6 Å². The molecule has 1 aromatic heterocycles. The highest BCUT2D eigenvalue weighted by Crippen LogP contribution is 2.29. The number of pyridine rings is 1. The van der Waals surface area contributed by atoms with Gasteiger partial charge in [-0.25, -0.2) is 4.98 Å². The fourth-order valence-corrected chi connectivity index (χ4v) is 2.54. The van der Waals surface area contributed by atoms with Crippen LogP contribution in [-0.4, -0.2) is 24.6 Å². The lowest BCUT2D eigenvalue weighted by molar-refractivity contribution is 0.288. The van der Waals surface area contributed by atoms with Crippen molar-refractivity contribution in [3.05, 3.63) is 58.7 Å². The summed E-state index contributed by atoms with van der Waals surface area (Å²) in [5.74, 6) is 2.16. The molecule has 1 aromatic carbocycles. The number of nitrogens with zero attached hydrogens (tertiary/aromatic N) is 2. The van der Waals surface area contributed by atoms with Crippen LogP contribution in [0.25, 0.3) is 0 Å². The van der Waals surface area contributed by atoms with E-state index in [1.165, 1.54) is 12.8 Å². The first-order chi connectivity index (χ1) is 12.2. The van der Waals surface area contributed by atoms with Gasteiger partial charge >= 0.3 is 0 Å².